The van der Waals surface area contributed by atoms with Crippen LogP contribution in [0.1, 0.15) is 12.2 Å². The van der Waals surface area contributed by atoms with Crippen LogP contribution in [0.4, 0.5) is 0 Å². The summed E-state index contributed by atoms with van der Waals surface area (Å²) in [6, 6.07) is 6.98. The van der Waals surface area contributed by atoms with Gasteiger partial charge in [0.25, 0.3) is 11.5 Å². The van der Waals surface area contributed by atoms with E-state index in [2.05, 4.69) is 10.3 Å². The number of likely N-dealkylation sites (N-methyl/N-ethyl adjacent to an activating group) is 1. The number of nitrogens with one attached hydrogen (secondary N) is 1. The zero-order chi connectivity index (χ0) is 20.0. The molecule has 2 aromatic rings. The fraction of sp³-hybridized carbons (Fsp3) is 0.389. The Morgan fingerprint density at radius 1 is 1.22 bits per heavy atom. The molecule has 1 aromatic carbocycles. The Morgan fingerprint density at radius 3 is 2.63 bits per heavy atom. The molecule has 9 nitrogen and oxygen atoms in total. The first-order valence-electron chi connectivity index (χ1n) is 8.36. The number of aromatic nitrogens is 2. The minimum absolute atomic E-state index is 0.0253. The van der Waals surface area contributed by atoms with Gasteiger partial charge in [0.2, 0.25) is 5.91 Å². The van der Waals surface area contributed by atoms with Crippen LogP contribution >= 0.6 is 0 Å². The number of nitrogens with zero attached hydrogens (tertiary/aromatic N) is 3. The van der Waals surface area contributed by atoms with Crippen LogP contribution in [-0.2, 0) is 32.6 Å². The standard InChI is InChI=1S/C18H22N4O5/c1-21(2)16(24)10-19-15(23)11-27-17(25)9-8-14-20-13-7-5-4-6-12(13)18(26)22(14)3/h4-7H,8-11H2,1-3H3,(H,19,23). The van der Waals surface area contributed by atoms with E-state index < -0.39 is 18.5 Å². The average molecular weight is 374 g/mol. The molecule has 0 spiro atoms. The summed E-state index contributed by atoms with van der Waals surface area (Å²) in [7, 11) is 4.74. The van der Waals surface area contributed by atoms with Gasteiger partial charge >= 0.3 is 5.97 Å². The highest BCUT2D eigenvalue weighted by Crippen LogP contribution is 2.08. The van der Waals surface area contributed by atoms with Crippen LogP contribution < -0.4 is 10.9 Å². The Balaban J connectivity index is 1.86. The molecule has 0 aliphatic heterocycles. The maximum Gasteiger partial charge on any atom is 0.306 e. The number of amides is 2. The first-order valence-corrected chi connectivity index (χ1v) is 8.36. The van der Waals surface area contributed by atoms with Crippen molar-refractivity contribution >= 4 is 28.7 Å². The minimum atomic E-state index is -0.591. The second-order valence-electron chi connectivity index (χ2n) is 6.13. The van der Waals surface area contributed by atoms with Gasteiger partial charge in [-0.25, -0.2) is 4.98 Å². The van der Waals surface area contributed by atoms with Gasteiger partial charge in [-0.2, -0.15) is 0 Å². The lowest BCUT2D eigenvalue weighted by Gasteiger charge is -2.11. The van der Waals surface area contributed by atoms with Crippen LogP contribution in [0.25, 0.3) is 10.9 Å². The van der Waals surface area contributed by atoms with E-state index in [0.29, 0.717) is 16.7 Å². The van der Waals surface area contributed by atoms with E-state index in [9.17, 15) is 19.2 Å². The molecule has 0 fully saturated rings. The molecule has 1 N–H and O–H groups in total. The third kappa shape index (κ3) is 5.37. The van der Waals surface area contributed by atoms with Crippen molar-refractivity contribution in [3.63, 3.8) is 0 Å². The second-order valence-corrected chi connectivity index (χ2v) is 6.13. The van der Waals surface area contributed by atoms with Crippen LogP contribution in [0.5, 0.6) is 0 Å². The lowest BCUT2D eigenvalue weighted by molar-refractivity contribution is -0.148. The van der Waals surface area contributed by atoms with Gasteiger partial charge in [-0.3, -0.25) is 23.7 Å². The number of carbonyl (C=O) groups excluding carboxylic acids is 3. The van der Waals surface area contributed by atoms with E-state index in [1.54, 1.807) is 45.4 Å². The zero-order valence-corrected chi connectivity index (χ0v) is 15.5. The molecule has 9 heteroatoms. The third-order valence-electron chi connectivity index (χ3n) is 3.93. The van der Waals surface area contributed by atoms with Gasteiger partial charge in [0, 0.05) is 27.6 Å². The van der Waals surface area contributed by atoms with Crippen molar-refractivity contribution in [1.82, 2.24) is 19.8 Å². The van der Waals surface area contributed by atoms with Gasteiger partial charge in [-0.05, 0) is 12.1 Å². The maximum absolute atomic E-state index is 12.3. The van der Waals surface area contributed by atoms with E-state index in [-0.39, 0.29) is 30.9 Å². The van der Waals surface area contributed by atoms with Gasteiger partial charge in [-0.15, -0.1) is 0 Å². The number of esters is 1. The smallest absolute Gasteiger partial charge is 0.306 e. The maximum atomic E-state index is 12.3. The highest BCUT2D eigenvalue weighted by atomic mass is 16.5. The SMILES string of the molecule is CN(C)C(=O)CNC(=O)COC(=O)CCc1nc2ccccc2c(=O)n1C. The Morgan fingerprint density at radius 2 is 1.93 bits per heavy atom. The fourth-order valence-electron chi connectivity index (χ4n) is 2.30. The zero-order valence-electron chi connectivity index (χ0n) is 15.5. The van der Waals surface area contributed by atoms with Crippen molar-refractivity contribution in [2.24, 2.45) is 7.05 Å². The summed E-state index contributed by atoms with van der Waals surface area (Å²) in [6.45, 7) is -0.629. The summed E-state index contributed by atoms with van der Waals surface area (Å²) in [5, 5.41) is 2.87. The number of fused-ring (bicyclic) bond motifs is 1. The van der Waals surface area contributed by atoms with Crippen LogP contribution in [0.2, 0.25) is 0 Å². The monoisotopic (exact) mass is 374 g/mol. The lowest BCUT2D eigenvalue weighted by atomic mass is 10.2. The Hall–Kier alpha value is -3.23. The van der Waals surface area contributed by atoms with Gasteiger partial charge in [0.05, 0.1) is 23.9 Å². The average Bonchev–Trinajstić information content (AvgIpc) is 2.65. The number of hydrogen-bond acceptors (Lipinski definition) is 6. The molecule has 144 valence electrons. The van der Waals surface area contributed by atoms with Crippen LogP contribution in [-0.4, -0.2) is 59.5 Å². The Kier molecular flexibility index (Phi) is 6.64. The molecule has 0 aliphatic carbocycles. The van der Waals surface area contributed by atoms with Gasteiger partial charge in [0.15, 0.2) is 6.61 Å². The number of aryl methyl sites for hydroxylation is 1. The van der Waals surface area contributed by atoms with Gasteiger partial charge < -0.3 is 15.0 Å². The summed E-state index contributed by atoms with van der Waals surface area (Å²) in [5.41, 5.74) is 0.378. The summed E-state index contributed by atoms with van der Waals surface area (Å²) >= 11 is 0. The van der Waals surface area contributed by atoms with E-state index >= 15 is 0 Å². The van der Waals surface area contributed by atoms with E-state index in [0.717, 1.165) is 0 Å². The minimum Gasteiger partial charge on any atom is -0.456 e. The highest BCUT2D eigenvalue weighted by molar-refractivity contribution is 5.86. The summed E-state index contributed by atoms with van der Waals surface area (Å²) in [6.07, 6.45) is 0.179. The molecule has 1 aromatic heterocycles. The molecule has 0 bridgehead atoms. The predicted octanol–water partition coefficient (Wildman–Crippen LogP) is -0.386. The molecule has 27 heavy (non-hydrogen) atoms. The van der Waals surface area contributed by atoms with Gasteiger partial charge in [-0.1, -0.05) is 12.1 Å². The second kappa shape index (κ2) is 8.93. The molecule has 2 rings (SSSR count). The molecular weight excluding hydrogens is 352 g/mol. The first kappa shape index (κ1) is 20.1. The molecule has 0 aliphatic rings. The third-order valence-corrected chi connectivity index (χ3v) is 3.93. The number of para-hydroxylation sites is 1. The summed E-state index contributed by atoms with van der Waals surface area (Å²) in [5.74, 6) is -0.962. The Labute approximate surface area is 155 Å². The molecule has 2 amide bonds. The van der Waals surface area contributed by atoms with Crippen LogP contribution in [0.3, 0.4) is 0 Å². The van der Waals surface area contributed by atoms with Crippen LogP contribution in [0.15, 0.2) is 29.1 Å². The normalized spacial score (nSPS) is 10.5. The number of benzene rings is 1. The van der Waals surface area contributed by atoms with Crippen molar-refractivity contribution in [2.45, 2.75) is 12.8 Å². The van der Waals surface area contributed by atoms with E-state index in [1.807, 2.05) is 0 Å². The number of carbonyl (C=O) groups is 3. The van der Waals surface area contributed by atoms with Crippen molar-refractivity contribution in [2.75, 3.05) is 27.2 Å². The van der Waals surface area contributed by atoms with Crippen molar-refractivity contribution in [3.05, 3.63) is 40.4 Å². The lowest BCUT2D eigenvalue weighted by Crippen LogP contribution is -2.38. The van der Waals surface area contributed by atoms with Crippen LogP contribution in [0, 0.1) is 0 Å². The van der Waals surface area contributed by atoms with Crippen molar-refractivity contribution in [1.29, 1.82) is 0 Å². The largest absolute Gasteiger partial charge is 0.456 e. The quantitative estimate of drug-likeness (QED) is 0.661. The number of hydrogen-bond donors (Lipinski definition) is 1. The summed E-state index contributed by atoms with van der Waals surface area (Å²) in [4.78, 5) is 52.8. The predicted molar refractivity (Wildman–Crippen MR) is 98.0 cm³/mol. The molecule has 1 heterocycles. The fourth-order valence-corrected chi connectivity index (χ4v) is 2.30. The number of rotatable bonds is 7. The van der Waals surface area contributed by atoms with Crippen molar-refractivity contribution in [3.8, 4) is 0 Å². The number of ether oxygens (including phenoxy) is 1. The molecule has 0 unspecified atom stereocenters. The molecule has 0 radical (unpaired) electrons. The summed E-state index contributed by atoms with van der Waals surface area (Å²) < 4.78 is 6.28. The van der Waals surface area contributed by atoms with E-state index in [4.69, 9.17) is 4.74 Å². The van der Waals surface area contributed by atoms with Crippen molar-refractivity contribution < 1.29 is 19.1 Å². The highest BCUT2D eigenvalue weighted by Gasteiger charge is 2.13. The topological polar surface area (TPSA) is 111 Å². The Bertz CT molecular complexity index is 920. The van der Waals surface area contributed by atoms with Gasteiger partial charge in [0.1, 0.15) is 5.82 Å². The molecular formula is C18H22N4O5. The molecule has 0 atom stereocenters. The molecule has 0 saturated heterocycles. The first-order chi connectivity index (χ1) is 12.8. The van der Waals surface area contributed by atoms with E-state index in [1.165, 1.54) is 9.47 Å². The molecule has 0 saturated carbocycles.